The number of carbonyl (C=O) groups is 1. The summed E-state index contributed by atoms with van der Waals surface area (Å²) in [5.41, 5.74) is 3.32. The number of fused-ring (bicyclic) bond motifs is 1. The van der Waals surface area contributed by atoms with E-state index >= 15 is 0 Å². The number of phenolic OH excluding ortho intramolecular Hbond substituents is 1. The predicted octanol–water partition coefficient (Wildman–Crippen LogP) is 5.30. The molecule has 1 heterocycles. The van der Waals surface area contributed by atoms with Crippen LogP contribution in [-0.4, -0.2) is 22.1 Å². The lowest BCUT2D eigenvalue weighted by Gasteiger charge is -2.17. The average Bonchev–Trinajstić information content (AvgIpc) is 3.17. The maximum atomic E-state index is 12.7. The fourth-order valence-corrected chi connectivity index (χ4v) is 3.15. The van der Waals surface area contributed by atoms with Crippen molar-refractivity contribution in [1.82, 2.24) is 4.98 Å². The summed E-state index contributed by atoms with van der Waals surface area (Å²) in [6.45, 7) is 3.86. The number of amides is 1. The first-order chi connectivity index (χ1) is 14.5. The van der Waals surface area contributed by atoms with Gasteiger partial charge in [0.25, 0.3) is 5.91 Å². The highest BCUT2D eigenvalue weighted by molar-refractivity contribution is 5.95. The molecular weight excluding hydrogens is 380 g/mol. The third-order valence-corrected chi connectivity index (χ3v) is 4.72. The molecule has 0 unspecified atom stereocenters. The smallest absolute Gasteiger partial charge is 0.265 e. The highest BCUT2D eigenvalue weighted by Gasteiger charge is 2.20. The van der Waals surface area contributed by atoms with Crippen LogP contribution >= 0.6 is 0 Å². The Bertz CT molecular complexity index is 1180. The van der Waals surface area contributed by atoms with Gasteiger partial charge in [-0.2, -0.15) is 0 Å². The van der Waals surface area contributed by atoms with Gasteiger partial charge in [-0.05, 0) is 61.4 Å². The molecule has 0 saturated heterocycles. The monoisotopic (exact) mass is 402 g/mol. The zero-order valence-electron chi connectivity index (χ0n) is 16.8. The fourth-order valence-electron chi connectivity index (χ4n) is 3.15. The van der Waals surface area contributed by atoms with Crippen LogP contribution in [0.2, 0.25) is 0 Å². The van der Waals surface area contributed by atoms with Gasteiger partial charge in [-0.25, -0.2) is 4.98 Å². The van der Waals surface area contributed by atoms with E-state index in [-0.39, 0.29) is 17.5 Å². The van der Waals surface area contributed by atoms with Crippen LogP contribution in [0, 0.1) is 6.92 Å². The first-order valence-corrected chi connectivity index (χ1v) is 9.76. The number of para-hydroxylation sites is 1. The number of hydrogen-bond acceptors (Lipinski definition) is 5. The number of aryl methyl sites for hydroxylation is 1. The number of aromatic hydroxyl groups is 1. The van der Waals surface area contributed by atoms with Gasteiger partial charge in [0.15, 0.2) is 11.7 Å². The summed E-state index contributed by atoms with van der Waals surface area (Å²) < 4.78 is 11.6. The minimum atomic E-state index is -0.642. The molecule has 4 rings (SSSR count). The van der Waals surface area contributed by atoms with Crippen molar-refractivity contribution >= 4 is 22.7 Å². The molecule has 0 aliphatic heterocycles. The number of nitrogens with one attached hydrogen (secondary N) is 1. The Labute approximate surface area is 174 Å². The minimum Gasteiger partial charge on any atom is -0.507 e. The van der Waals surface area contributed by atoms with Crippen molar-refractivity contribution in [1.29, 1.82) is 0 Å². The molecule has 1 aromatic heterocycles. The van der Waals surface area contributed by atoms with Gasteiger partial charge >= 0.3 is 0 Å². The summed E-state index contributed by atoms with van der Waals surface area (Å²) in [5, 5.41) is 13.2. The number of rotatable bonds is 6. The number of phenols is 1. The van der Waals surface area contributed by atoms with Crippen molar-refractivity contribution < 1.29 is 19.1 Å². The summed E-state index contributed by atoms with van der Waals surface area (Å²) in [4.78, 5) is 17.2. The van der Waals surface area contributed by atoms with Crippen molar-refractivity contribution in [2.45, 2.75) is 26.4 Å². The predicted molar refractivity (Wildman–Crippen MR) is 116 cm³/mol. The number of ether oxygens (including phenoxy) is 1. The van der Waals surface area contributed by atoms with E-state index in [1.54, 1.807) is 12.1 Å². The normalized spacial score (nSPS) is 11.9. The highest BCUT2D eigenvalue weighted by atomic mass is 16.5. The van der Waals surface area contributed by atoms with Crippen LogP contribution in [-0.2, 0) is 4.79 Å². The topological polar surface area (TPSA) is 84.6 Å². The summed E-state index contributed by atoms with van der Waals surface area (Å²) >= 11 is 0. The van der Waals surface area contributed by atoms with Crippen LogP contribution in [0.5, 0.6) is 11.5 Å². The lowest BCUT2D eigenvalue weighted by molar-refractivity contribution is -0.122. The molecule has 0 aliphatic rings. The first kappa shape index (κ1) is 19.5. The van der Waals surface area contributed by atoms with Crippen LogP contribution in [0.1, 0.15) is 18.9 Å². The summed E-state index contributed by atoms with van der Waals surface area (Å²) in [7, 11) is 0. The van der Waals surface area contributed by atoms with E-state index in [1.807, 2.05) is 62.4 Å². The standard InChI is InChI=1S/C24H22N2O4/c1-3-21(29-17-7-5-4-6-8-17)23(28)25-16-10-11-20(27)18(14-16)24-26-19-13-15(2)9-12-22(19)30-24/h4-14,21,27H,3H2,1-2H3,(H,25,28)/t21-/m0/s1. The molecule has 152 valence electrons. The van der Waals surface area contributed by atoms with Crippen LogP contribution in [0.4, 0.5) is 5.69 Å². The van der Waals surface area contributed by atoms with Crippen molar-refractivity contribution in [3.63, 3.8) is 0 Å². The van der Waals surface area contributed by atoms with Gasteiger partial charge in [0.05, 0.1) is 5.56 Å². The van der Waals surface area contributed by atoms with E-state index in [4.69, 9.17) is 9.15 Å². The first-order valence-electron chi connectivity index (χ1n) is 9.76. The van der Waals surface area contributed by atoms with Crippen molar-refractivity contribution in [2.75, 3.05) is 5.32 Å². The number of aromatic nitrogens is 1. The van der Waals surface area contributed by atoms with E-state index in [9.17, 15) is 9.90 Å². The van der Waals surface area contributed by atoms with Gasteiger partial charge in [-0.1, -0.05) is 31.2 Å². The number of nitrogens with zero attached hydrogens (tertiary/aromatic N) is 1. The number of hydrogen-bond donors (Lipinski definition) is 2. The molecule has 0 bridgehead atoms. The average molecular weight is 402 g/mol. The molecule has 0 spiro atoms. The number of anilines is 1. The van der Waals surface area contributed by atoms with Crippen molar-refractivity contribution in [3.8, 4) is 23.0 Å². The SMILES string of the molecule is CC[C@H](Oc1ccccc1)C(=O)Nc1ccc(O)c(-c2nc3cc(C)ccc3o2)c1. The Morgan fingerprint density at radius 1 is 1.13 bits per heavy atom. The van der Waals surface area contributed by atoms with E-state index in [1.165, 1.54) is 6.07 Å². The maximum Gasteiger partial charge on any atom is 0.265 e. The maximum absolute atomic E-state index is 12.7. The lowest BCUT2D eigenvalue weighted by Crippen LogP contribution is -2.32. The molecule has 2 N–H and O–H groups in total. The molecule has 0 saturated carbocycles. The van der Waals surface area contributed by atoms with Crippen LogP contribution < -0.4 is 10.1 Å². The molecule has 6 heteroatoms. The molecule has 0 radical (unpaired) electrons. The zero-order valence-corrected chi connectivity index (χ0v) is 16.8. The Hall–Kier alpha value is -3.80. The third kappa shape index (κ3) is 4.12. The van der Waals surface area contributed by atoms with Gasteiger partial charge in [-0.3, -0.25) is 4.79 Å². The molecule has 1 amide bonds. The van der Waals surface area contributed by atoms with Gasteiger partial charge in [0, 0.05) is 5.69 Å². The Morgan fingerprint density at radius 2 is 1.93 bits per heavy atom. The second-order valence-electron chi connectivity index (χ2n) is 7.04. The lowest BCUT2D eigenvalue weighted by atomic mass is 10.1. The molecule has 0 aliphatic carbocycles. The van der Waals surface area contributed by atoms with Gasteiger partial charge in [0.1, 0.15) is 17.0 Å². The Morgan fingerprint density at radius 3 is 2.70 bits per heavy atom. The summed E-state index contributed by atoms with van der Waals surface area (Å²) in [5.74, 6) is 0.666. The van der Waals surface area contributed by atoms with Crippen LogP contribution in [0.3, 0.4) is 0 Å². The van der Waals surface area contributed by atoms with Gasteiger partial charge < -0.3 is 19.6 Å². The minimum absolute atomic E-state index is 0.0175. The summed E-state index contributed by atoms with van der Waals surface area (Å²) in [6.07, 6.45) is -0.132. The van der Waals surface area contributed by atoms with E-state index in [0.717, 1.165) is 5.56 Å². The second kappa shape index (κ2) is 8.29. The third-order valence-electron chi connectivity index (χ3n) is 4.72. The number of carbonyl (C=O) groups excluding carboxylic acids is 1. The second-order valence-corrected chi connectivity index (χ2v) is 7.04. The molecule has 6 nitrogen and oxygen atoms in total. The van der Waals surface area contributed by atoms with Gasteiger partial charge in [-0.15, -0.1) is 0 Å². The van der Waals surface area contributed by atoms with E-state index in [0.29, 0.717) is 34.5 Å². The van der Waals surface area contributed by atoms with Crippen LogP contribution in [0.25, 0.3) is 22.6 Å². The highest BCUT2D eigenvalue weighted by Crippen LogP contribution is 2.33. The Balaban J connectivity index is 1.57. The molecular formula is C24H22N2O4. The molecule has 3 aromatic carbocycles. The van der Waals surface area contributed by atoms with E-state index < -0.39 is 6.10 Å². The molecule has 1 atom stereocenters. The zero-order chi connectivity index (χ0) is 21.1. The quantitative estimate of drug-likeness (QED) is 0.427. The van der Waals surface area contributed by atoms with E-state index in [2.05, 4.69) is 10.3 Å². The molecule has 30 heavy (non-hydrogen) atoms. The Kier molecular flexibility index (Phi) is 5.39. The number of oxazole rings is 1. The van der Waals surface area contributed by atoms with Crippen molar-refractivity contribution in [2.24, 2.45) is 0 Å². The molecule has 0 fully saturated rings. The van der Waals surface area contributed by atoms with Crippen molar-refractivity contribution in [3.05, 3.63) is 72.3 Å². The van der Waals surface area contributed by atoms with Gasteiger partial charge in [0.2, 0.25) is 5.89 Å². The fraction of sp³-hybridized carbons (Fsp3) is 0.167. The molecule has 4 aromatic rings. The van der Waals surface area contributed by atoms with Crippen LogP contribution in [0.15, 0.2) is 71.1 Å². The number of benzene rings is 3. The largest absolute Gasteiger partial charge is 0.507 e. The summed E-state index contributed by atoms with van der Waals surface area (Å²) in [6, 6.07) is 19.7.